The highest BCUT2D eigenvalue weighted by molar-refractivity contribution is 7.20. The van der Waals surface area contributed by atoms with Gasteiger partial charge in [0.2, 0.25) is 5.70 Å². The van der Waals surface area contributed by atoms with Gasteiger partial charge in [0, 0.05) is 44.5 Å². The minimum Gasteiger partial charge on any atom is -0.384 e. The number of thiazole rings is 2. The number of benzene rings is 8. The minimum absolute atomic E-state index is 0.415. The van der Waals surface area contributed by atoms with Gasteiger partial charge in [-0.15, -0.1) is 22.7 Å². The van der Waals surface area contributed by atoms with E-state index in [0.29, 0.717) is 43.4 Å². The molecule has 0 aliphatic carbocycles. The molecular formula is C62H41B2ClN6S2. The lowest BCUT2D eigenvalue weighted by Crippen LogP contribution is -2.54. The highest BCUT2D eigenvalue weighted by Gasteiger charge is 2.37. The van der Waals surface area contributed by atoms with E-state index in [0.717, 1.165) is 81.1 Å². The van der Waals surface area contributed by atoms with E-state index in [9.17, 15) is 11.8 Å². The first-order valence-electron chi connectivity index (χ1n) is 24.0. The zero-order valence-electron chi connectivity index (χ0n) is 39.5. The maximum absolute atomic E-state index is 12.1. The number of rotatable bonds is 11. The van der Waals surface area contributed by atoms with Crippen LogP contribution in [0.4, 0.5) is 0 Å². The van der Waals surface area contributed by atoms with Crippen LogP contribution in [0.25, 0.3) is 58.6 Å². The van der Waals surface area contributed by atoms with Gasteiger partial charge >= 0.3 is 13.7 Å². The van der Waals surface area contributed by atoms with Crippen molar-refractivity contribution in [2.75, 3.05) is 0 Å². The van der Waals surface area contributed by atoms with Gasteiger partial charge in [0.1, 0.15) is 21.7 Å². The Morgan fingerprint density at radius 3 is 1.53 bits per heavy atom. The van der Waals surface area contributed by atoms with Crippen LogP contribution in [0.2, 0.25) is 5.02 Å². The average Bonchev–Trinajstić information content (AvgIpc) is 4.22. The molecule has 0 amide bonds. The summed E-state index contributed by atoms with van der Waals surface area (Å²) in [6.07, 6.45) is 0.416. The molecule has 0 bridgehead atoms. The molecule has 0 fully saturated rings. The predicted molar refractivity (Wildman–Crippen MR) is 307 cm³/mol. The Bertz CT molecular complexity index is 3990. The molecule has 4 aromatic heterocycles. The average molecular weight is 991 g/mol. The topological polar surface area (TPSA) is 63.8 Å². The van der Waals surface area contributed by atoms with Gasteiger partial charge in [-0.05, 0) is 54.4 Å². The fraction of sp³-hybridized carbons (Fsp3) is 0.0323. The Labute approximate surface area is 436 Å². The fourth-order valence-electron chi connectivity index (χ4n) is 10.4. The standard InChI is InChI=1S/C62H41B2ClN6S2/c1-41-21-15-16-30-48(41)58-56-55(60(57(67-2)62-69-51-32-18-20-34-54(51)73-62)71(58)64(45-26-11-5-12-27-45)46-28-13-6-14-29-46)52(39-42-35-37-47(65)38-36-42)70(63(43-22-7-3-8-23-43)44-24-9-4-10-25-44)59(56)49(40-66)61-68-50-31-17-19-33-53(50)72-61/h3-38H,39H2,1H3/b59-49-,60-57+. The molecule has 12 aromatic rings. The molecular weight excluding hydrogens is 950 g/mol. The van der Waals surface area contributed by atoms with Crippen molar-refractivity contribution < 1.29 is 0 Å². The molecule has 0 saturated heterocycles. The Hall–Kier alpha value is -8.50. The number of nitrogens with zero attached hydrogens (tertiary/aromatic N) is 6. The molecule has 4 heterocycles. The van der Waals surface area contributed by atoms with E-state index in [4.69, 9.17) is 21.6 Å². The third-order valence-corrected chi connectivity index (χ3v) is 16.0. The Morgan fingerprint density at radius 1 is 0.562 bits per heavy atom. The zero-order chi connectivity index (χ0) is 49.4. The van der Waals surface area contributed by atoms with Crippen molar-refractivity contribution in [3.05, 3.63) is 272 Å². The smallest absolute Gasteiger partial charge is 0.327 e. The first-order valence-corrected chi connectivity index (χ1v) is 26.1. The molecule has 0 spiro atoms. The van der Waals surface area contributed by atoms with Crippen molar-refractivity contribution in [2.24, 2.45) is 0 Å². The number of aryl methyl sites for hydroxylation is 1. The van der Waals surface area contributed by atoms with Gasteiger partial charge in [0.15, 0.2) is 0 Å². The largest absolute Gasteiger partial charge is 0.384 e. The predicted octanol–water partition coefficient (Wildman–Crippen LogP) is 11.0. The number of fused-ring (bicyclic) bond motifs is 3. The quantitative estimate of drug-likeness (QED) is 0.0958. The molecule has 12 rings (SSSR count). The number of para-hydroxylation sites is 2. The molecule has 6 nitrogen and oxygen atoms in total. The highest BCUT2D eigenvalue weighted by atomic mass is 35.5. The van der Waals surface area contributed by atoms with Gasteiger partial charge in [0.25, 0.3) is 0 Å². The SMILES string of the molecule is [C-]#[N+]/C(c1nc2ccccc2s1)=c1\c2c(Cc3ccc(Cl)cc3)n(B(c3ccccc3)c3ccccc3)/c(=C(/C#N)c3nc4ccccc4s3)c2c(-c2ccccc2C)n1B(c1ccccc1)c1ccccc1. The lowest BCUT2D eigenvalue weighted by atomic mass is 9.50. The van der Waals surface area contributed by atoms with E-state index in [1.807, 2.05) is 72.8 Å². The van der Waals surface area contributed by atoms with Gasteiger partial charge in [-0.3, -0.25) is 0 Å². The fourth-order valence-corrected chi connectivity index (χ4v) is 12.5. The van der Waals surface area contributed by atoms with Crippen LogP contribution in [-0.4, -0.2) is 32.6 Å². The molecule has 11 heteroatoms. The number of aromatic nitrogens is 4. The summed E-state index contributed by atoms with van der Waals surface area (Å²) in [5.74, 6) is 0. The van der Waals surface area contributed by atoms with E-state index in [-0.39, 0.29) is 0 Å². The van der Waals surface area contributed by atoms with Crippen molar-refractivity contribution in [3.8, 4) is 17.3 Å². The lowest BCUT2D eigenvalue weighted by Gasteiger charge is -2.24. The van der Waals surface area contributed by atoms with Crippen LogP contribution in [0, 0.1) is 24.8 Å². The van der Waals surface area contributed by atoms with E-state index >= 15 is 0 Å². The maximum Gasteiger partial charge on any atom is 0.327 e. The summed E-state index contributed by atoms with van der Waals surface area (Å²) >= 11 is 9.71. The van der Waals surface area contributed by atoms with Crippen molar-refractivity contribution in [1.29, 1.82) is 5.26 Å². The summed E-state index contributed by atoms with van der Waals surface area (Å²) < 4.78 is 6.78. The van der Waals surface area contributed by atoms with Crippen LogP contribution in [0.1, 0.15) is 26.8 Å². The van der Waals surface area contributed by atoms with E-state index in [1.165, 1.54) is 22.7 Å². The minimum atomic E-state index is -0.456. The zero-order valence-corrected chi connectivity index (χ0v) is 41.9. The Kier molecular flexibility index (Phi) is 12.2. The third kappa shape index (κ3) is 8.26. The second-order valence-corrected chi connectivity index (χ2v) is 20.5. The van der Waals surface area contributed by atoms with Crippen LogP contribution < -0.4 is 32.5 Å². The molecule has 344 valence electrons. The van der Waals surface area contributed by atoms with Crippen LogP contribution in [-0.2, 0) is 6.42 Å². The van der Waals surface area contributed by atoms with Crippen LogP contribution in [0.3, 0.4) is 0 Å². The molecule has 0 atom stereocenters. The number of hydrogen-bond donors (Lipinski definition) is 0. The van der Waals surface area contributed by atoms with E-state index < -0.39 is 13.7 Å². The highest BCUT2D eigenvalue weighted by Crippen LogP contribution is 2.37. The van der Waals surface area contributed by atoms with Crippen molar-refractivity contribution >= 4 is 112 Å². The van der Waals surface area contributed by atoms with Crippen LogP contribution in [0.5, 0.6) is 0 Å². The maximum atomic E-state index is 12.1. The molecule has 0 N–H and O–H groups in total. The third-order valence-electron chi connectivity index (χ3n) is 13.6. The Balaban J connectivity index is 1.44. The van der Waals surface area contributed by atoms with E-state index in [1.54, 1.807) is 0 Å². The summed E-state index contributed by atoms with van der Waals surface area (Å²) in [6, 6.07) is 77.7. The number of hydrogen-bond acceptors (Lipinski definition) is 5. The second-order valence-electron chi connectivity index (χ2n) is 18.0. The normalized spacial score (nSPS) is 12.2. The molecule has 0 aliphatic heterocycles. The molecule has 0 unspecified atom stereocenters. The summed E-state index contributed by atoms with van der Waals surface area (Å²) in [5, 5.41) is 17.1. The van der Waals surface area contributed by atoms with Gasteiger partial charge in [-0.2, -0.15) is 5.26 Å². The van der Waals surface area contributed by atoms with Crippen molar-refractivity contribution in [2.45, 2.75) is 13.3 Å². The van der Waals surface area contributed by atoms with Crippen molar-refractivity contribution in [3.63, 3.8) is 0 Å². The van der Waals surface area contributed by atoms with Crippen LogP contribution in [0.15, 0.2) is 218 Å². The number of nitriles is 1. The number of halogens is 1. The first-order chi connectivity index (χ1) is 36.0. The van der Waals surface area contributed by atoms with E-state index in [2.05, 4.69) is 172 Å². The molecule has 0 radical (unpaired) electrons. The monoisotopic (exact) mass is 990 g/mol. The van der Waals surface area contributed by atoms with Gasteiger partial charge in [-0.1, -0.05) is 215 Å². The van der Waals surface area contributed by atoms with Gasteiger partial charge in [-0.25, -0.2) is 14.8 Å². The van der Waals surface area contributed by atoms with Gasteiger partial charge in [0.05, 0.1) is 32.4 Å². The summed E-state index contributed by atoms with van der Waals surface area (Å²) in [7, 11) is 0. The first kappa shape index (κ1) is 45.6. The molecule has 0 saturated carbocycles. The Morgan fingerprint density at radius 2 is 1.03 bits per heavy atom. The second kappa shape index (κ2) is 19.6. The molecule has 73 heavy (non-hydrogen) atoms. The lowest BCUT2D eigenvalue weighted by molar-refractivity contribution is 1.01. The summed E-state index contributed by atoms with van der Waals surface area (Å²) in [4.78, 5) is 15.2. The summed E-state index contributed by atoms with van der Waals surface area (Å²) in [5.41, 5.74) is 11.4. The van der Waals surface area contributed by atoms with Crippen LogP contribution >= 0.6 is 34.3 Å². The van der Waals surface area contributed by atoms with Crippen molar-refractivity contribution in [1.82, 2.24) is 18.9 Å². The summed E-state index contributed by atoms with van der Waals surface area (Å²) in [6.45, 7) is 10.7. The molecule has 0 aliphatic rings. The molecule has 8 aromatic carbocycles. The van der Waals surface area contributed by atoms with Gasteiger partial charge < -0.3 is 8.96 Å².